The SMILES string of the molecule is N#CC(C#N)=NNc1ccc(OCCc2ccc(Cl)cc2)c(C(F)(F)F)c1. The summed E-state index contributed by atoms with van der Waals surface area (Å²) in [7, 11) is 0. The molecular formula is C18H12ClF3N4O. The summed E-state index contributed by atoms with van der Waals surface area (Å²) in [5.41, 5.74) is 1.59. The zero-order valence-corrected chi connectivity index (χ0v) is 14.5. The molecule has 9 heteroatoms. The van der Waals surface area contributed by atoms with Gasteiger partial charge in [-0.25, -0.2) is 0 Å². The maximum absolute atomic E-state index is 13.3. The van der Waals surface area contributed by atoms with Crippen LogP contribution in [0.25, 0.3) is 0 Å². The van der Waals surface area contributed by atoms with E-state index in [0.717, 1.165) is 17.7 Å². The van der Waals surface area contributed by atoms with Crippen molar-refractivity contribution in [2.24, 2.45) is 5.10 Å². The van der Waals surface area contributed by atoms with Gasteiger partial charge in [-0.1, -0.05) is 23.7 Å². The van der Waals surface area contributed by atoms with E-state index >= 15 is 0 Å². The van der Waals surface area contributed by atoms with Gasteiger partial charge in [-0.2, -0.15) is 28.8 Å². The number of anilines is 1. The van der Waals surface area contributed by atoms with E-state index in [1.165, 1.54) is 18.2 Å². The van der Waals surface area contributed by atoms with E-state index in [9.17, 15) is 13.2 Å². The lowest BCUT2D eigenvalue weighted by Crippen LogP contribution is -2.11. The summed E-state index contributed by atoms with van der Waals surface area (Å²) in [4.78, 5) is 0. The van der Waals surface area contributed by atoms with E-state index in [0.29, 0.717) is 11.4 Å². The number of halogens is 4. The van der Waals surface area contributed by atoms with Crippen LogP contribution in [0.4, 0.5) is 18.9 Å². The Hall–Kier alpha value is -3.23. The number of nitrogens with one attached hydrogen (secondary N) is 1. The largest absolute Gasteiger partial charge is 0.493 e. The van der Waals surface area contributed by atoms with Crippen molar-refractivity contribution in [1.82, 2.24) is 0 Å². The molecule has 2 aromatic carbocycles. The zero-order valence-electron chi connectivity index (χ0n) is 13.7. The Morgan fingerprint density at radius 2 is 1.78 bits per heavy atom. The lowest BCUT2D eigenvalue weighted by molar-refractivity contribution is -0.138. The first-order valence-electron chi connectivity index (χ1n) is 7.56. The van der Waals surface area contributed by atoms with Gasteiger partial charge in [-0.15, -0.1) is 0 Å². The highest BCUT2D eigenvalue weighted by molar-refractivity contribution is 6.30. The molecule has 0 atom stereocenters. The number of alkyl halides is 3. The number of nitrogens with zero attached hydrogens (tertiary/aromatic N) is 3. The van der Waals surface area contributed by atoms with Crippen LogP contribution in [0, 0.1) is 22.7 Å². The van der Waals surface area contributed by atoms with Crippen molar-refractivity contribution in [3.8, 4) is 17.9 Å². The first-order chi connectivity index (χ1) is 12.8. The lowest BCUT2D eigenvalue weighted by atomic mass is 10.1. The smallest absolute Gasteiger partial charge is 0.420 e. The molecule has 0 radical (unpaired) electrons. The van der Waals surface area contributed by atoms with Crippen LogP contribution in [0.3, 0.4) is 0 Å². The fourth-order valence-electron chi connectivity index (χ4n) is 2.07. The first kappa shape index (κ1) is 20.1. The van der Waals surface area contributed by atoms with Gasteiger partial charge in [0.25, 0.3) is 0 Å². The Morgan fingerprint density at radius 1 is 1.11 bits per heavy atom. The van der Waals surface area contributed by atoms with E-state index < -0.39 is 17.5 Å². The first-order valence-corrected chi connectivity index (χ1v) is 7.93. The average molecular weight is 393 g/mol. The van der Waals surface area contributed by atoms with E-state index in [4.69, 9.17) is 26.9 Å². The minimum absolute atomic E-state index is 0.0321. The second-order valence-corrected chi connectivity index (χ2v) is 5.67. The van der Waals surface area contributed by atoms with Crippen molar-refractivity contribution >= 4 is 23.0 Å². The van der Waals surface area contributed by atoms with Crippen LogP contribution in [-0.4, -0.2) is 12.3 Å². The zero-order chi connectivity index (χ0) is 19.9. The summed E-state index contributed by atoms with van der Waals surface area (Å²) >= 11 is 5.78. The number of benzene rings is 2. The third-order valence-electron chi connectivity index (χ3n) is 3.36. The molecule has 0 spiro atoms. The molecule has 0 aliphatic carbocycles. The molecule has 0 heterocycles. The van der Waals surface area contributed by atoms with Crippen LogP contribution in [0.2, 0.25) is 5.02 Å². The molecule has 0 aliphatic rings. The van der Waals surface area contributed by atoms with Gasteiger partial charge in [0.05, 0.1) is 17.9 Å². The average Bonchev–Trinajstić information content (AvgIpc) is 2.64. The molecule has 0 aliphatic heterocycles. The third-order valence-corrected chi connectivity index (χ3v) is 3.61. The normalized spacial score (nSPS) is 10.4. The highest BCUT2D eigenvalue weighted by Crippen LogP contribution is 2.38. The second-order valence-electron chi connectivity index (χ2n) is 5.23. The molecule has 27 heavy (non-hydrogen) atoms. The van der Waals surface area contributed by atoms with Gasteiger partial charge < -0.3 is 4.74 Å². The minimum Gasteiger partial charge on any atom is -0.493 e. The van der Waals surface area contributed by atoms with E-state index in [1.54, 1.807) is 24.3 Å². The van der Waals surface area contributed by atoms with Crippen LogP contribution in [0.15, 0.2) is 47.6 Å². The lowest BCUT2D eigenvalue weighted by Gasteiger charge is -2.15. The predicted octanol–water partition coefficient (Wildman–Crippen LogP) is 4.80. The molecule has 138 valence electrons. The Labute approximate surface area is 158 Å². The molecular weight excluding hydrogens is 381 g/mol. The van der Waals surface area contributed by atoms with Gasteiger partial charge >= 0.3 is 6.18 Å². The van der Waals surface area contributed by atoms with Crippen molar-refractivity contribution in [3.63, 3.8) is 0 Å². The number of nitriles is 2. The van der Waals surface area contributed by atoms with Crippen LogP contribution < -0.4 is 10.2 Å². The van der Waals surface area contributed by atoms with Crippen LogP contribution in [0.5, 0.6) is 5.75 Å². The van der Waals surface area contributed by atoms with Gasteiger partial charge in [0, 0.05) is 11.4 Å². The minimum atomic E-state index is -4.65. The Kier molecular flexibility index (Phi) is 6.64. The van der Waals surface area contributed by atoms with Gasteiger partial charge in [-0.3, -0.25) is 5.43 Å². The molecule has 2 rings (SSSR count). The summed E-state index contributed by atoms with van der Waals surface area (Å²) in [5, 5.41) is 21.2. The topological polar surface area (TPSA) is 81.2 Å². The molecule has 0 aromatic heterocycles. The Morgan fingerprint density at radius 3 is 2.37 bits per heavy atom. The number of hydrogen-bond acceptors (Lipinski definition) is 5. The number of hydrazone groups is 1. The molecule has 0 saturated heterocycles. The van der Waals surface area contributed by atoms with Gasteiger partial charge in [0.15, 0.2) is 0 Å². The molecule has 5 nitrogen and oxygen atoms in total. The standard InChI is InChI=1S/C18H12ClF3N4O/c19-13-3-1-12(2-4-13)7-8-27-17-6-5-14(9-16(17)18(20,21)22)25-26-15(10-23)11-24/h1-6,9,25H,7-8H2. The van der Waals surface area contributed by atoms with E-state index in [1.807, 2.05) is 0 Å². The van der Waals surface area contributed by atoms with E-state index in [-0.39, 0.29) is 18.0 Å². The summed E-state index contributed by atoms with van der Waals surface area (Å²) in [6, 6.07) is 13.2. The van der Waals surface area contributed by atoms with Crippen LogP contribution >= 0.6 is 11.6 Å². The molecule has 0 amide bonds. The van der Waals surface area contributed by atoms with Crippen molar-refractivity contribution in [2.75, 3.05) is 12.0 Å². The monoisotopic (exact) mass is 392 g/mol. The number of rotatable bonds is 6. The highest BCUT2D eigenvalue weighted by atomic mass is 35.5. The molecule has 1 N–H and O–H groups in total. The van der Waals surface area contributed by atoms with Gasteiger partial charge in [0.1, 0.15) is 17.9 Å². The summed E-state index contributed by atoms with van der Waals surface area (Å²) in [5.74, 6) is -0.327. The highest BCUT2D eigenvalue weighted by Gasteiger charge is 2.34. The summed E-state index contributed by atoms with van der Waals surface area (Å²) in [6.45, 7) is 0.0443. The molecule has 0 saturated carbocycles. The fraction of sp³-hybridized carbons (Fsp3) is 0.167. The summed E-state index contributed by atoms with van der Waals surface area (Å²) in [6.07, 6.45) is -4.24. The quantitative estimate of drug-likeness (QED) is 0.565. The van der Waals surface area contributed by atoms with Gasteiger partial charge in [-0.05, 0) is 35.9 Å². The second kappa shape index (κ2) is 8.93. The Balaban J connectivity index is 2.13. The van der Waals surface area contributed by atoms with Gasteiger partial charge in [0.2, 0.25) is 5.71 Å². The van der Waals surface area contributed by atoms with E-state index in [2.05, 4.69) is 10.5 Å². The third kappa shape index (κ3) is 5.91. The number of ether oxygens (including phenoxy) is 1. The molecule has 0 unspecified atom stereocenters. The van der Waals surface area contributed by atoms with Crippen molar-refractivity contribution < 1.29 is 17.9 Å². The van der Waals surface area contributed by atoms with Crippen molar-refractivity contribution in [2.45, 2.75) is 12.6 Å². The van der Waals surface area contributed by atoms with Crippen LogP contribution in [-0.2, 0) is 12.6 Å². The van der Waals surface area contributed by atoms with Crippen molar-refractivity contribution in [1.29, 1.82) is 10.5 Å². The predicted molar refractivity (Wildman–Crippen MR) is 94.4 cm³/mol. The van der Waals surface area contributed by atoms with Crippen molar-refractivity contribution in [3.05, 3.63) is 58.6 Å². The summed E-state index contributed by atoms with van der Waals surface area (Å²) < 4.78 is 45.2. The number of hydrogen-bond donors (Lipinski definition) is 1. The molecule has 0 bridgehead atoms. The molecule has 2 aromatic rings. The van der Waals surface area contributed by atoms with Crippen LogP contribution in [0.1, 0.15) is 11.1 Å². The Bertz CT molecular complexity index is 896. The maximum atomic E-state index is 13.3. The maximum Gasteiger partial charge on any atom is 0.420 e. The fourth-order valence-corrected chi connectivity index (χ4v) is 2.20. The molecule has 0 fully saturated rings.